The number of halogens is 1. The van der Waals surface area contributed by atoms with Crippen LogP contribution in [0.4, 0.5) is 9.52 Å². The fourth-order valence-corrected chi connectivity index (χ4v) is 6.20. The molecule has 0 aliphatic carbocycles. The van der Waals surface area contributed by atoms with E-state index in [0.29, 0.717) is 26.8 Å². The van der Waals surface area contributed by atoms with Gasteiger partial charge in [-0.15, -0.1) is 10.2 Å². The molecule has 1 aliphatic rings. The van der Waals surface area contributed by atoms with E-state index in [-0.39, 0.29) is 22.3 Å². The van der Waals surface area contributed by atoms with Crippen molar-refractivity contribution < 1.29 is 19.1 Å². The van der Waals surface area contributed by atoms with E-state index in [0.717, 1.165) is 28.0 Å². The molecule has 1 fully saturated rings. The number of amides is 1. The summed E-state index contributed by atoms with van der Waals surface area (Å²) in [6.07, 6.45) is 0. The minimum atomic E-state index is -0.882. The topological polar surface area (TPSA) is 83.4 Å². The standard InChI is InChI=1S/C29H24FN3O3S2/c1-16-9-12-19(13-10-16)24-23(25(34)21-14-17(2)8-11-18(21)3)26(35)27(36)33(24)28-31-32-29(38-28)37-15-20-6-4-5-7-22(20)30/h4-14,24,34H,15H2,1-3H3. The van der Waals surface area contributed by atoms with Crippen LogP contribution in [-0.2, 0) is 15.3 Å². The Morgan fingerprint density at radius 2 is 1.71 bits per heavy atom. The highest BCUT2D eigenvalue weighted by molar-refractivity contribution is 8.00. The molecule has 6 nitrogen and oxygen atoms in total. The number of anilines is 1. The number of aromatic nitrogens is 2. The first-order valence-electron chi connectivity index (χ1n) is 11.9. The molecule has 2 heterocycles. The van der Waals surface area contributed by atoms with E-state index in [1.807, 2.05) is 57.2 Å². The zero-order chi connectivity index (χ0) is 27.0. The minimum Gasteiger partial charge on any atom is -0.507 e. The molecule has 0 radical (unpaired) electrons. The summed E-state index contributed by atoms with van der Waals surface area (Å²) in [5, 5.41) is 20.0. The molecule has 1 amide bonds. The maximum atomic E-state index is 14.1. The van der Waals surface area contributed by atoms with Crippen molar-refractivity contribution in [2.24, 2.45) is 0 Å². The summed E-state index contributed by atoms with van der Waals surface area (Å²) in [7, 11) is 0. The molecule has 4 aromatic rings. The smallest absolute Gasteiger partial charge is 0.301 e. The highest BCUT2D eigenvalue weighted by Gasteiger charge is 2.48. The van der Waals surface area contributed by atoms with Crippen molar-refractivity contribution >= 4 is 45.7 Å². The van der Waals surface area contributed by atoms with Crippen molar-refractivity contribution in [2.45, 2.75) is 36.9 Å². The van der Waals surface area contributed by atoms with Crippen LogP contribution in [-0.4, -0.2) is 27.0 Å². The van der Waals surface area contributed by atoms with Crippen molar-refractivity contribution in [3.05, 3.63) is 112 Å². The Morgan fingerprint density at radius 3 is 2.45 bits per heavy atom. The van der Waals surface area contributed by atoms with Crippen LogP contribution in [0, 0.1) is 26.6 Å². The lowest BCUT2D eigenvalue weighted by molar-refractivity contribution is -0.132. The molecule has 1 N–H and O–H groups in total. The zero-order valence-electron chi connectivity index (χ0n) is 20.9. The molecule has 1 unspecified atom stereocenters. The fourth-order valence-electron chi connectivity index (χ4n) is 4.34. The summed E-state index contributed by atoms with van der Waals surface area (Å²) < 4.78 is 14.6. The van der Waals surface area contributed by atoms with Crippen LogP contribution in [0.3, 0.4) is 0 Å². The number of aliphatic hydroxyl groups excluding tert-OH is 1. The number of aliphatic hydroxyl groups is 1. The van der Waals surface area contributed by atoms with Gasteiger partial charge in [0.2, 0.25) is 5.13 Å². The van der Waals surface area contributed by atoms with Crippen LogP contribution in [0.15, 0.2) is 76.6 Å². The summed E-state index contributed by atoms with van der Waals surface area (Å²) >= 11 is 2.44. The number of rotatable bonds is 6. The van der Waals surface area contributed by atoms with E-state index in [9.17, 15) is 19.1 Å². The first-order chi connectivity index (χ1) is 18.2. The SMILES string of the molecule is Cc1ccc(C2C(=C(O)c3cc(C)ccc3C)C(=O)C(=O)N2c2nnc(SCc3ccccc3F)s2)cc1. The summed E-state index contributed by atoms with van der Waals surface area (Å²) in [5.41, 5.74) is 4.41. The Kier molecular flexibility index (Phi) is 7.14. The molecule has 1 atom stereocenters. The molecule has 9 heteroatoms. The Hall–Kier alpha value is -3.82. The first kappa shape index (κ1) is 25.8. The van der Waals surface area contributed by atoms with Gasteiger partial charge in [0.05, 0.1) is 11.6 Å². The lowest BCUT2D eigenvalue weighted by Gasteiger charge is -2.23. The van der Waals surface area contributed by atoms with Gasteiger partial charge in [0.15, 0.2) is 4.34 Å². The second-order valence-electron chi connectivity index (χ2n) is 9.13. The van der Waals surface area contributed by atoms with Crippen LogP contribution in [0.5, 0.6) is 0 Å². The molecular weight excluding hydrogens is 521 g/mol. The number of aryl methyl sites for hydroxylation is 3. The second-order valence-corrected chi connectivity index (χ2v) is 11.3. The number of Topliss-reactive ketones (excluding diaryl/α,β-unsaturated/α-hetero) is 1. The number of ketones is 1. The van der Waals surface area contributed by atoms with E-state index < -0.39 is 17.7 Å². The van der Waals surface area contributed by atoms with Crippen LogP contribution in [0.1, 0.15) is 39.4 Å². The molecule has 1 aliphatic heterocycles. The monoisotopic (exact) mass is 545 g/mol. The third-order valence-electron chi connectivity index (χ3n) is 6.40. The number of hydrogen-bond acceptors (Lipinski definition) is 7. The largest absolute Gasteiger partial charge is 0.507 e. The van der Waals surface area contributed by atoms with Gasteiger partial charge in [-0.2, -0.15) is 0 Å². The summed E-state index contributed by atoms with van der Waals surface area (Å²) in [4.78, 5) is 28.1. The quantitative estimate of drug-likeness (QED) is 0.0976. The Labute approximate surface area is 227 Å². The van der Waals surface area contributed by atoms with E-state index in [2.05, 4.69) is 10.2 Å². The molecule has 1 saturated heterocycles. The van der Waals surface area contributed by atoms with Crippen LogP contribution in [0.25, 0.3) is 5.76 Å². The van der Waals surface area contributed by atoms with Gasteiger partial charge >= 0.3 is 5.91 Å². The molecule has 0 bridgehead atoms. The molecule has 5 rings (SSSR count). The molecule has 38 heavy (non-hydrogen) atoms. The first-order valence-corrected chi connectivity index (χ1v) is 13.7. The summed E-state index contributed by atoms with van der Waals surface area (Å²) in [6.45, 7) is 5.68. The van der Waals surface area contributed by atoms with Gasteiger partial charge in [-0.25, -0.2) is 4.39 Å². The molecule has 0 saturated carbocycles. The minimum absolute atomic E-state index is 0.00307. The van der Waals surface area contributed by atoms with Gasteiger partial charge in [0.1, 0.15) is 11.6 Å². The summed E-state index contributed by atoms with van der Waals surface area (Å²) in [6, 6.07) is 18.7. The van der Waals surface area contributed by atoms with E-state index in [1.165, 1.54) is 22.7 Å². The lowest BCUT2D eigenvalue weighted by atomic mass is 9.93. The van der Waals surface area contributed by atoms with Crippen molar-refractivity contribution in [1.82, 2.24) is 10.2 Å². The third-order valence-corrected chi connectivity index (χ3v) is 8.50. The molecule has 0 spiro atoms. The highest BCUT2D eigenvalue weighted by atomic mass is 32.2. The Bertz CT molecular complexity index is 1580. The fraction of sp³-hybridized carbons (Fsp3) is 0.172. The molecular formula is C29H24FN3O3S2. The average Bonchev–Trinajstić information content (AvgIpc) is 3.47. The van der Waals surface area contributed by atoms with Crippen molar-refractivity contribution in [3.63, 3.8) is 0 Å². The van der Waals surface area contributed by atoms with Crippen molar-refractivity contribution in [2.75, 3.05) is 4.90 Å². The second kappa shape index (κ2) is 10.5. The number of nitrogens with zero attached hydrogens (tertiary/aromatic N) is 3. The number of hydrogen-bond donors (Lipinski definition) is 1. The van der Waals surface area contributed by atoms with Gasteiger partial charge in [0.25, 0.3) is 5.78 Å². The number of benzene rings is 3. The molecule has 192 valence electrons. The van der Waals surface area contributed by atoms with E-state index in [1.54, 1.807) is 24.3 Å². The predicted molar refractivity (Wildman–Crippen MR) is 148 cm³/mol. The Morgan fingerprint density at radius 1 is 1.00 bits per heavy atom. The number of carbonyl (C=O) groups is 2. The van der Waals surface area contributed by atoms with E-state index in [4.69, 9.17) is 0 Å². The molecule has 3 aromatic carbocycles. The van der Waals surface area contributed by atoms with E-state index >= 15 is 0 Å². The van der Waals surface area contributed by atoms with Gasteiger partial charge in [-0.3, -0.25) is 14.5 Å². The normalized spacial score (nSPS) is 16.8. The van der Waals surface area contributed by atoms with Crippen molar-refractivity contribution in [3.8, 4) is 0 Å². The highest BCUT2D eigenvalue weighted by Crippen LogP contribution is 2.44. The maximum Gasteiger partial charge on any atom is 0.301 e. The summed E-state index contributed by atoms with van der Waals surface area (Å²) in [5.74, 6) is -1.76. The number of thioether (sulfide) groups is 1. The van der Waals surface area contributed by atoms with Crippen LogP contribution < -0.4 is 4.90 Å². The van der Waals surface area contributed by atoms with Gasteiger partial charge in [-0.1, -0.05) is 88.8 Å². The lowest BCUT2D eigenvalue weighted by Crippen LogP contribution is -2.29. The maximum absolute atomic E-state index is 14.1. The molecule has 1 aromatic heterocycles. The van der Waals surface area contributed by atoms with Gasteiger partial charge < -0.3 is 5.11 Å². The van der Waals surface area contributed by atoms with Crippen LogP contribution in [0.2, 0.25) is 0 Å². The van der Waals surface area contributed by atoms with Gasteiger partial charge in [0, 0.05) is 11.3 Å². The number of carbonyl (C=O) groups excluding carboxylic acids is 2. The van der Waals surface area contributed by atoms with Crippen molar-refractivity contribution in [1.29, 1.82) is 0 Å². The van der Waals surface area contributed by atoms with Gasteiger partial charge in [-0.05, 0) is 49.6 Å². The Balaban J connectivity index is 1.57. The van der Waals surface area contributed by atoms with Crippen LogP contribution >= 0.6 is 23.1 Å². The third kappa shape index (κ3) is 4.87. The predicted octanol–water partition coefficient (Wildman–Crippen LogP) is 6.52. The zero-order valence-corrected chi connectivity index (χ0v) is 22.6. The average molecular weight is 546 g/mol.